The summed E-state index contributed by atoms with van der Waals surface area (Å²) in [6, 6.07) is 15.8. The molecule has 2 aromatic carbocycles. The Balaban J connectivity index is 1.47. The van der Waals surface area contributed by atoms with Crippen molar-refractivity contribution in [2.75, 3.05) is 5.75 Å². The van der Waals surface area contributed by atoms with Crippen LogP contribution in [0.4, 0.5) is 0 Å². The highest BCUT2D eigenvalue weighted by Gasteiger charge is 2.21. The van der Waals surface area contributed by atoms with Crippen LogP contribution in [0.5, 0.6) is 0 Å². The molecule has 0 fully saturated rings. The molecular formula is C21H21N3O2S. The van der Waals surface area contributed by atoms with Gasteiger partial charge in [-0.2, -0.15) is 0 Å². The Kier molecular flexibility index (Phi) is 4.99. The number of nitrogens with zero attached hydrogens (tertiary/aromatic N) is 2. The number of aryl methyl sites for hydroxylation is 2. The van der Waals surface area contributed by atoms with Gasteiger partial charge >= 0.3 is 0 Å². The first-order valence-corrected chi connectivity index (χ1v) is 10.1. The number of carbonyl (C=O) groups excluding carboxylic acids is 1. The average Bonchev–Trinajstić information content (AvgIpc) is 2.70. The fourth-order valence-corrected chi connectivity index (χ4v) is 4.39. The van der Waals surface area contributed by atoms with Crippen molar-refractivity contribution in [3.63, 3.8) is 0 Å². The summed E-state index contributed by atoms with van der Waals surface area (Å²) in [5, 5.41) is 3.48. The van der Waals surface area contributed by atoms with Crippen LogP contribution in [-0.2, 0) is 18.3 Å². The third-order valence-electron chi connectivity index (χ3n) is 5.00. The van der Waals surface area contributed by atoms with Crippen molar-refractivity contribution in [2.24, 2.45) is 7.05 Å². The van der Waals surface area contributed by atoms with Crippen LogP contribution in [0.1, 0.15) is 30.0 Å². The normalized spacial score (nSPS) is 16.1. The number of amides is 1. The van der Waals surface area contributed by atoms with Crippen molar-refractivity contribution < 1.29 is 4.79 Å². The molecular weight excluding hydrogens is 358 g/mol. The summed E-state index contributed by atoms with van der Waals surface area (Å²) >= 11 is 1.20. The Labute approximate surface area is 161 Å². The van der Waals surface area contributed by atoms with Gasteiger partial charge in [0, 0.05) is 7.05 Å². The van der Waals surface area contributed by atoms with Crippen LogP contribution in [0.3, 0.4) is 0 Å². The zero-order valence-electron chi connectivity index (χ0n) is 15.1. The van der Waals surface area contributed by atoms with Crippen LogP contribution >= 0.6 is 11.8 Å². The average molecular weight is 379 g/mol. The molecule has 1 unspecified atom stereocenters. The van der Waals surface area contributed by atoms with E-state index in [2.05, 4.69) is 22.4 Å². The van der Waals surface area contributed by atoms with Crippen molar-refractivity contribution in [2.45, 2.75) is 30.3 Å². The minimum Gasteiger partial charge on any atom is -0.349 e. The van der Waals surface area contributed by atoms with E-state index in [0.717, 1.165) is 30.3 Å². The molecule has 1 aromatic heterocycles. The molecule has 138 valence electrons. The van der Waals surface area contributed by atoms with E-state index < -0.39 is 0 Å². The maximum atomic E-state index is 12.5. The first kappa shape index (κ1) is 17.8. The first-order chi connectivity index (χ1) is 13.1. The molecule has 1 aliphatic carbocycles. The second kappa shape index (κ2) is 7.56. The number of thioether (sulfide) groups is 1. The molecule has 1 atom stereocenters. The number of hydrogen-bond donors (Lipinski definition) is 1. The van der Waals surface area contributed by atoms with Gasteiger partial charge in [0.25, 0.3) is 5.56 Å². The summed E-state index contributed by atoms with van der Waals surface area (Å²) in [5.41, 5.74) is 3.89. The van der Waals surface area contributed by atoms with E-state index in [4.69, 9.17) is 0 Å². The van der Waals surface area contributed by atoms with E-state index in [1.165, 1.54) is 22.9 Å². The minimum absolute atomic E-state index is 0.0513. The topological polar surface area (TPSA) is 64.0 Å². The smallest absolute Gasteiger partial charge is 0.283 e. The van der Waals surface area contributed by atoms with E-state index in [1.807, 2.05) is 36.4 Å². The molecule has 1 N–H and O–H groups in total. The number of aromatic nitrogens is 2. The van der Waals surface area contributed by atoms with Gasteiger partial charge in [-0.25, -0.2) is 4.98 Å². The van der Waals surface area contributed by atoms with Gasteiger partial charge in [-0.05, 0) is 42.5 Å². The molecule has 1 amide bonds. The Hall–Kier alpha value is -2.60. The van der Waals surface area contributed by atoms with Crippen LogP contribution in [0, 0.1) is 0 Å². The summed E-state index contributed by atoms with van der Waals surface area (Å²) in [4.78, 5) is 29.4. The Morgan fingerprint density at radius 3 is 2.89 bits per heavy atom. The number of hydrogen-bond acceptors (Lipinski definition) is 4. The van der Waals surface area contributed by atoms with Crippen LogP contribution in [0.2, 0.25) is 0 Å². The molecule has 4 rings (SSSR count). The number of nitrogens with one attached hydrogen (secondary N) is 1. The lowest BCUT2D eigenvalue weighted by atomic mass is 9.88. The molecule has 0 spiro atoms. The molecule has 0 aliphatic heterocycles. The van der Waals surface area contributed by atoms with Crippen LogP contribution in [-0.4, -0.2) is 21.2 Å². The van der Waals surface area contributed by atoms with E-state index in [0.29, 0.717) is 5.03 Å². The largest absolute Gasteiger partial charge is 0.349 e. The highest BCUT2D eigenvalue weighted by atomic mass is 32.2. The molecule has 1 aliphatic rings. The summed E-state index contributed by atoms with van der Waals surface area (Å²) < 4.78 is 1.58. The van der Waals surface area contributed by atoms with Gasteiger partial charge in [0.05, 0.1) is 22.8 Å². The molecule has 6 heteroatoms. The monoisotopic (exact) mass is 379 g/mol. The number of benzene rings is 2. The quantitative estimate of drug-likeness (QED) is 0.707. The predicted molar refractivity (Wildman–Crippen MR) is 108 cm³/mol. The van der Waals surface area contributed by atoms with Crippen molar-refractivity contribution in [1.29, 1.82) is 0 Å². The SMILES string of the molecule is Cn1c(=O)c(SCC(=O)NC2CCCc3ccccc32)nc2ccccc21. The van der Waals surface area contributed by atoms with E-state index >= 15 is 0 Å². The van der Waals surface area contributed by atoms with E-state index in [1.54, 1.807) is 11.6 Å². The second-order valence-corrected chi connectivity index (χ2v) is 7.73. The third kappa shape index (κ3) is 3.62. The van der Waals surface area contributed by atoms with Crippen LogP contribution in [0.25, 0.3) is 11.0 Å². The number of para-hydroxylation sites is 2. The lowest BCUT2D eigenvalue weighted by molar-refractivity contribution is -0.119. The number of fused-ring (bicyclic) bond motifs is 2. The number of rotatable bonds is 4. The van der Waals surface area contributed by atoms with E-state index in [-0.39, 0.29) is 23.3 Å². The lowest BCUT2D eigenvalue weighted by Gasteiger charge is -2.26. The summed E-state index contributed by atoms with van der Waals surface area (Å²) in [6.45, 7) is 0. The predicted octanol–water partition coefficient (Wildman–Crippen LogP) is 3.22. The summed E-state index contributed by atoms with van der Waals surface area (Å²) in [6.07, 6.45) is 3.08. The van der Waals surface area contributed by atoms with Gasteiger partial charge in [0.15, 0.2) is 5.03 Å². The van der Waals surface area contributed by atoms with Gasteiger partial charge < -0.3 is 9.88 Å². The zero-order valence-corrected chi connectivity index (χ0v) is 16.0. The lowest BCUT2D eigenvalue weighted by Crippen LogP contribution is -2.32. The van der Waals surface area contributed by atoms with Gasteiger partial charge in [0.1, 0.15) is 0 Å². The standard InChI is InChI=1S/C21H21N3O2S/c1-24-18-12-5-4-10-17(18)23-20(21(24)26)27-13-19(25)22-16-11-6-8-14-7-2-3-9-15(14)16/h2-5,7,9-10,12,16H,6,8,11,13H2,1H3,(H,22,25). The Bertz CT molecular complexity index is 1060. The maximum Gasteiger partial charge on any atom is 0.283 e. The highest BCUT2D eigenvalue weighted by Crippen LogP contribution is 2.29. The van der Waals surface area contributed by atoms with Crippen LogP contribution < -0.4 is 10.9 Å². The maximum absolute atomic E-state index is 12.5. The van der Waals surface area contributed by atoms with Crippen molar-refractivity contribution >= 4 is 28.7 Å². The molecule has 1 heterocycles. The molecule has 5 nitrogen and oxygen atoms in total. The number of carbonyl (C=O) groups is 1. The molecule has 3 aromatic rings. The molecule has 0 radical (unpaired) electrons. The zero-order chi connectivity index (χ0) is 18.8. The van der Waals surface area contributed by atoms with Crippen molar-refractivity contribution in [3.8, 4) is 0 Å². The fraction of sp³-hybridized carbons (Fsp3) is 0.286. The van der Waals surface area contributed by atoms with E-state index in [9.17, 15) is 9.59 Å². The van der Waals surface area contributed by atoms with Gasteiger partial charge in [-0.15, -0.1) is 0 Å². The van der Waals surface area contributed by atoms with Gasteiger partial charge in [-0.3, -0.25) is 9.59 Å². The summed E-state index contributed by atoms with van der Waals surface area (Å²) in [5.74, 6) is 0.109. The molecule has 0 bridgehead atoms. The summed E-state index contributed by atoms with van der Waals surface area (Å²) in [7, 11) is 1.73. The molecule has 27 heavy (non-hydrogen) atoms. The minimum atomic E-state index is -0.172. The van der Waals surface area contributed by atoms with Gasteiger partial charge in [0.2, 0.25) is 5.91 Å². The van der Waals surface area contributed by atoms with Crippen molar-refractivity contribution in [1.82, 2.24) is 14.9 Å². The molecule has 0 saturated carbocycles. The van der Waals surface area contributed by atoms with Crippen molar-refractivity contribution in [3.05, 3.63) is 70.0 Å². The fourth-order valence-electron chi connectivity index (χ4n) is 3.62. The van der Waals surface area contributed by atoms with Crippen LogP contribution in [0.15, 0.2) is 58.4 Å². The third-order valence-corrected chi connectivity index (χ3v) is 5.94. The first-order valence-electron chi connectivity index (χ1n) is 9.09. The Morgan fingerprint density at radius 2 is 2.00 bits per heavy atom. The van der Waals surface area contributed by atoms with Gasteiger partial charge in [-0.1, -0.05) is 48.2 Å². The molecule has 0 saturated heterocycles. The Morgan fingerprint density at radius 1 is 1.22 bits per heavy atom. The second-order valence-electron chi connectivity index (χ2n) is 6.77. The highest BCUT2D eigenvalue weighted by molar-refractivity contribution is 7.99.